The summed E-state index contributed by atoms with van der Waals surface area (Å²) < 4.78 is 37.4. The van der Waals surface area contributed by atoms with Crippen molar-refractivity contribution in [3.63, 3.8) is 0 Å². The number of nitrogens with zero attached hydrogens (tertiary/aromatic N) is 1. The van der Waals surface area contributed by atoms with Crippen LogP contribution < -0.4 is 0 Å². The molecule has 16 heavy (non-hydrogen) atoms. The van der Waals surface area contributed by atoms with E-state index in [9.17, 15) is 13.2 Å². The van der Waals surface area contributed by atoms with E-state index in [0.29, 0.717) is 12.1 Å². The van der Waals surface area contributed by atoms with Crippen molar-refractivity contribution in [2.75, 3.05) is 0 Å². The molecule has 0 fully saturated rings. The van der Waals surface area contributed by atoms with E-state index in [1.165, 1.54) is 13.0 Å². The van der Waals surface area contributed by atoms with Gasteiger partial charge >= 0.3 is 6.18 Å². The highest BCUT2D eigenvalue weighted by atomic mass is 19.4. The highest BCUT2D eigenvalue weighted by Gasteiger charge is 2.33. The molecule has 90 valence electrons. The van der Waals surface area contributed by atoms with E-state index in [1.807, 2.05) is 20.8 Å². The van der Waals surface area contributed by atoms with Crippen LogP contribution in [0.4, 0.5) is 13.2 Å². The minimum Gasteiger partial charge on any atom is -0.258 e. The first kappa shape index (κ1) is 13.0. The number of halogens is 3. The average molecular weight is 231 g/mol. The largest absolute Gasteiger partial charge is 0.418 e. The normalized spacial score (nSPS) is 12.9. The zero-order valence-corrected chi connectivity index (χ0v) is 9.94. The van der Waals surface area contributed by atoms with Crippen molar-refractivity contribution in [3.8, 4) is 0 Å². The van der Waals surface area contributed by atoms with Gasteiger partial charge in [0.15, 0.2) is 0 Å². The Morgan fingerprint density at radius 1 is 1.12 bits per heavy atom. The molecule has 0 unspecified atom stereocenters. The van der Waals surface area contributed by atoms with Crippen LogP contribution in [0.5, 0.6) is 0 Å². The summed E-state index contributed by atoms with van der Waals surface area (Å²) >= 11 is 0. The molecule has 0 saturated carbocycles. The van der Waals surface area contributed by atoms with Gasteiger partial charge in [-0.15, -0.1) is 0 Å². The molecular weight excluding hydrogens is 215 g/mol. The second kappa shape index (κ2) is 4.07. The molecule has 1 aromatic heterocycles. The molecule has 1 aromatic rings. The highest BCUT2D eigenvalue weighted by Crippen LogP contribution is 2.31. The smallest absolute Gasteiger partial charge is 0.258 e. The van der Waals surface area contributed by atoms with Crippen LogP contribution in [0, 0.1) is 12.3 Å². The molecule has 4 heteroatoms. The third-order valence-corrected chi connectivity index (χ3v) is 2.16. The number of alkyl halides is 3. The maximum absolute atomic E-state index is 12.5. The number of rotatable bonds is 1. The van der Waals surface area contributed by atoms with Crippen molar-refractivity contribution in [3.05, 3.63) is 29.1 Å². The van der Waals surface area contributed by atoms with Crippen LogP contribution in [0.15, 0.2) is 12.1 Å². The molecule has 1 nitrogen and oxygen atoms in total. The number of hydrogen-bond acceptors (Lipinski definition) is 1. The van der Waals surface area contributed by atoms with Gasteiger partial charge in [0.1, 0.15) is 0 Å². The Bertz CT molecular complexity index is 375. The molecular formula is C12H16F3N. The zero-order valence-electron chi connectivity index (χ0n) is 9.94. The lowest BCUT2D eigenvalue weighted by atomic mass is 9.90. The van der Waals surface area contributed by atoms with Gasteiger partial charge in [-0.25, -0.2) is 0 Å². The zero-order chi connectivity index (χ0) is 12.6. The lowest BCUT2D eigenvalue weighted by Crippen LogP contribution is -2.13. The number of pyridine rings is 1. The molecule has 0 aromatic carbocycles. The minimum atomic E-state index is -4.31. The van der Waals surface area contributed by atoms with Gasteiger partial charge in [0.2, 0.25) is 0 Å². The van der Waals surface area contributed by atoms with E-state index in [-0.39, 0.29) is 11.1 Å². The molecule has 0 saturated heterocycles. The quantitative estimate of drug-likeness (QED) is 0.712. The molecule has 0 spiro atoms. The number of aromatic nitrogens is 1. The van der Waals surface area contributed by atoms with Gasteiger partial charge in [-0.1, -0.05) is 20.8 Å². The summed E-state index contributed by atoms with van der Waals surface area (Å²) in [5, 5.41) is 0. The van der Waals surface area contributed by atoms with Crippen molar-refractivity contribution < 1.29 is 13.2 Å². The fourth-order valence-electron chi connectivity index (χ4n) is 1.55. The second-order valence-corrected chi connectivity index (χ2v) is 5.17. The molecule has 0 radical (unpaired) electrons. The maximum atomic E-state index is 12.5. The summed E-state index contributed by atoms with van der Waals surface area (Å²) in [6.07, 6.45) is -3.64. The van der Waals surface area contributed by atoms with Crippen LogP contribution in [0.2, 0.25) is 0 Å². The molecule has 0 aliphatic carbocycles. The molecule has 0 N–H and O–H groups in total. The summed E-state index contributed by atoms with van der Waals surface area (Å²) in [7, 11) is 0. The maximum Gasteiger partial charge on any atom is 0.418 e. The number of hydrogen-bond donors (Lipinski definition) is 0. The molecule has 0 atom stereocenters. The van der Waals surface area contributed by atoms with Crippen molar-refractivity contribution >= 4 is 0 Å². The van der Waals surface area contributed by atoms with Crippen LogP contribution in [-0.2, 0) is 12.6 Å². The Kier molecular flexibility index (Phi) is 3.31. The molecule has 0 bridgehead atoms. The Labute approximate surface area is 93.7 Å². The van der Waals surface area contributed by atoms with E-state index >= 15 is 0 Å². The fourth-order valence-corrected chi connectivity index (χ4v) is 1.55. The molecule has 0 amide bonds. The van der Waals surface area contributed by atoms with E-state index in [2.05, 4.69) is 4.98 Å². The van der Waals surface area contributed by atoms with Crippen LogP contribution in [0.3, 0.4) is 0 Å². The van der Waals surface area contributed by atoms with Crippen LogP contribution in [-0.4, -0.2) is 4.98 Å². The Balaban J connectivity index is 3.01. The average Bonchev–Trinajstić information content (AvgIpc) is 1.97. The van der Waals surface area contributed by atoms with Gasteiger partial charge < -0.3 is 0 Å². The van der Waals surface area contributed by atoms with Crippen molar-refractivity contribution in [2.45, 2.75) is 40.3 Å². The summed E-state index contributed by atoms with van der Waals surface area (Å²) in [4.78, 5) is 4.00. The van der Waals surface area contributed by atoms with Gasteiger partial charge in [-0.3, -0.25) is 4.98 Å². The first-order valence-electron chi connectivity index (χ1n) is 5.13. The molecule has 1 rings (SSSR count). The molecule has 0 aliphatic heterocycles. The lowest BCUT2D eigenvalue weighted by molar-refractivity contribution is -0.138. The first-order valence-corrected chi connectivity index (χ1v) is 5.13. The van der Waals surface area contributed by atoms with Crippen molar-refractivity contribution in [1.29, 1.82) is 0 Å². The monoisotopic (exact) mass is 231 g/mol. The fraction of sp³-hybridized carbons (Fsp3) is 0.583. The van der Waals surface area contributed by atoms with Crippen LogP contribution >= 0.6 is 0 Å². The van der Waals surface area contributed by atoms with Crippen LogP contribution in [0.1, 0.15) is 37.7 Å². The predicted molar refractivity (Wildman–Crippen MR) is 57.1 cm³/mol. The third kappa shape index (κ3) is 3.51. The summed E-state index contributed by atoms with van der Waals surface area (Å²) in [6, 6.07) is 2.57. The highest BCUT2D eigenvalue weighted by molar-refractivity contribution is 5.25. The lowest BCUT2D eigenvalue weighted by Gasteiger charge is -2.18. The predicted octanol–water partition coefficient (Wildman–Crippen LogP) is 4.00. The Morgan fingerprint density at radius 3 is 2.06 bits per heavy atom. The summed E-state index contributed by atoms with van der Waals surface area (Å²) in [5.74, 6) is 0. The first-order chi connectivity index (χ1) is 7.09. The molecule has 0 aliphatic rings. The number of aryl methyl sites for hydroxylation is 1. The SMILES string of the molecule is Cc1nc(CC(C)(C)C)ccc1C(F)(F)F. The van der Waals surface area contributed by atoms with E-state index in [4.69, 9.17) is 0 Å². The van der Waals surface area contributed by atoms with E-state index < -0.39 is 11.7 Å². The summed E-state index contributed by atoms with van der Waals surface area (Å²) in [5.41, 5.74) is 0.136. The topological polar surface area (TPSA) is 12.9 Å². The van der Waals surface area contributed by atoms with Crippen molar-refractivity contribution in [1.82, 2.24) is 4.98 Å². The van der Waals surface area contributed by atoms with E-state index in [0.717, 1.165) is 6.07 Å². The second-order valence-electron chi connectivity index (χ2n) is 5.17. The minimum absolute atomic E-state index is 0.0270. The van der Waals surface area contributed by atoms with Gasteiger partial charge in [0.25, 0.3) is 0 Å². The summed E-state index contributed by atoms with van der Waals surface area (Å²) in [6.45, 7) is 7.49. The van der Waals surface area contributed by atoms with Gasteiger partial charge in [-0.2, -0.15) is 13.2 Å². The Hall–Kier alpha value is -1.06. The van der Waals surface area contributed by atoms with Gasteiger partial charge in [0.05, 0.1) is 5.56 Å². The van der Waals surface area contributed by atoms with Gasteiger partial charge in [0, 0.05) is 11.4 Å². The van der Waals surface area contributed by atoms with Gasteiger partial charge in [-0.05, 0) is 30.9 Å². The molecule has 1 heterocycles. The van der Waals surface area contributed by atoms with Crippen LogP contribution in [0.25, 0.3) is 0 Å². The standard InChI is InChI=1S/C12H16F3N/c1-8-10(12(13,14)15)6-5-9(16-8)7-11(2,3)4/h5-6H,7H2,1-4H3. The van der Waals surface area contributed by atoms with E-state index in [1.54, 1.807) is 0 Å². The van der Waals surface area contributed by atoms with Crippen molar-refractivity contribution in [2.24, 2.45) is 5.41 Å². The third-order valence-electron chi connectivity index (χ3n) is 2.16. The Morgan fingerprint density at radius 2 is 1.69 bits per heavy atom.